The lowest BCUT2D eigenvalue weighted by Gasteiger charge is -2.39. The molecule has 4 rings (SSSR count). The molecule has 1 aliphatic heterocycles. The van der Waals surface area contributed by atoms with Gasteiger partial charge in [-0.2, -0.15) is 0 Å². The van der Waals surface area contributed by atoms with E-state index in [4.69, 9.17) is 11.6 Å². The molecule has 1 fully saturated rings. The SMILES string of the molecule is CC1CC(=O)C2(C=Nc3ccccc32)CC1c1cccc(Cl)c1. The Bertz CT molecular complexity index is 813. The van der Waals surface area contributed by atoms with Crippen molar-refractivity contribution in [1.82, 2.24) is 0 Å². The maximum absolute atomic E-state index is 12.9. The number of rotatable bonds is 1. The minimum Gasteiger partial charge on any atom is -0.298 e. The van der Waals surface area contributed by atoms with E-state index in [1.54, 1.807) is 0 Å². The van der Waals surface area contributed by atoms with Gasteiger partial charge in [-0.15, -0.1) is 0 Å². The molecule has 116 valence electrons. The zero-order chi connectivity index (χ0) is 16.0. The van der Waals surface area contributed by atoms with E-state index in [0.717, 1.165) is 22.7 Å². The average molecular weight is 324 g/mol. The number of nitrogens with zero attached hydrogens (tertiary/aromatic N) is 1. The number of ketones is 1. The summed E-state index contributed by atoms with van der Waals surface area (Å²) in [6.45, 7) is 2.16. The van der Waals surface area contributed by atoms with Gasteiger partial charge in [0.1, 0.15) is 5.78 Å². The fourth-order valence-corrected chi connectivity index (χ4v) is 4.26. The number of hydrogen-bond acceptors (Lipinski definition) is 2. The number of para-hydroxylation sites is 1. The first-order valence-corrected chi connectivity index (χ1v) is 8.41. The molecule has 0 aromatic heterocycles. The number of benzene rings is 2. The second-order valence-electron chi connectivity index (χ2n) is 6.72. The number of carbonyl (C=O) groups excluding carboxylic acids is 1. The van der Waals surface area contributed by atoms with E-state index in [1.807, 2.05) is 48.7 Å². The molecule has 23 heavy (non-hydrogen) atoms. The molecular weight excluding hydrogens is 306 g/mol. The summed E-state index contributed by atoms with van der Waals surface area (Å²) in [6.07, 6.45) is 3.23. The molecule has 0 amide bonds. The van der Waals surface area contributed by atoms with Gasteiger partial charge in [0.25, 0.3) is 0 Å². The Morgan fingerprint density at radius 3 is 2.83 bits per heavy atom. The molecule has 1 heterocycles. The van der Waals surface area contributed by atoms with Crippen molar-refractivity contribution < 1.29 is 4.79 Å². The minimum atomic E-state index is -0.559. The third-order valence-electron chi connectivity index (χ3n) is 5.32. The molecule has 2 aromatic carbocycles. The van der Waals surface area contributed by atoms with E-state index in [1.165, 1.54) is 5.56 Å². The van der Waals surface area contributed by atoms with Gasteiger partial charge in [0.15, 0.2) is 0 Å². The molecule has 1 saturated carbocycles. The summed E-state index contributed by atoms with van der Waals surface area (Å²) < 4.78 is 0. The molecule has 2 nitrogen and oxygen atoms in total. The van der Waals surface area contributed by atoms with Crippen molar-refractivity contribution >= 4 is 29.3 Å². The van der Waals surface area contributed by atoms with Crippen LogP contribution in [0.3, 0.4) is 0 Å². The molecule has 0 radical (unpaired) electrons. The predicted octanol–water partition coefficient (Wildman–Crippen LogP) is 5.08. The van der Waals surface area contributed by atoms with Crippen LogP contribution in [0.1, 0.15) is 36.8 Å². The minimum absolute atomic E-state index is 0.289. The number of hydrogen-bond donors (Lipinski definition) is 0. The molecule has 2 aliphatic rings. The third-order valence-corrected chi connectivity index (χ3v) is 5.55. The summed E-state index contributed by atoms with van der Waals surface area (Å²) in [5, 5.41) is 0.751. The number of Topliss-reactive ketones (excluding diaryl/α,β-unsaturated/α-hetero) is 1. The van der Waals surface area contributed by atoms with Crippen molar-refractivity contribution in [2.24, 2.45) is 10.9 Å². The van der Waals surface area contributed by atoms with Crippen LogP contribution in [0.2, 0.25) is 5.02 Å². The lowest BCUT2D eigenvalue weighted by Crippen LogP contribution is -2.43. The highest BCUT2D eigenvalue weighted by molar-refractivity contribution is 6.30. The average Bonchev–Trinajstić information content (AvgIpc) is 2.91. The monoisotopic (exact) mass is 323 g/mol. The van der Waals surface area contributed by atoms with Crippen LogP contribution in [0.25, 0.3) is 0 Å². The molecule has 2 aromatic rings. The van der Waals surface area contributed by atoms with Crippen molar-refractivity contribution in [1.29, 1.82) is 0 Å². The zero-order valence-electron chi connectivity index (χ0n) is 13.0. The van der Waals surface area contributed by atoms with Crippen molar-refractivity contribution in [3.63, 3.8) is 0 Å². The van der Waals surface area contributed by atoms with Crippen LogP contribution in [-0.4, -0.2) is 12.0 Å². The Balaban J connectivity index is 1.78. The van der Waals surface area contributed by atoms with Crippen LogP contribution >= 0.6 is 11.6 Å². The van der Waals surface area contributed by atoms with Gasteiger partial charge in [0, 0.05) is 17.7 Å². The summed E-state index contributed by atoms with van der Waals surface area (Å²) >= 11 is 6.18. The Labute approximate surface area is 141 Å². The highest BCUT2D eigenvalue weighted by atomic mass is 35.5. The number of halogens is 1. The third kappa shape index (κ3) is 2.24. The molecular formula is C20H18ClNO. The van der Waals surface area contributed by atoms with Gasteiger partial charge in [-0.25, -0.2) is 0 Å². The Hall–Kier alpha value is -1.93. The largest absolute Gasteiger partial charge is 0.298 e. The van der Waals surface area contributed by atoms with Crippen molar-refractivity contribution in [3.05, 3.63) is 64.7 Å². The summed E-state index contributed by atoms with van der Waals surface area (Å²) in [7, 11) is 0. The Morgan fingerprint density at radius 2 is 2.00 bits per heavy atom. The van der Waals surface area contributed by atoms with Crippen LogP contribution in [-0.2, 0) is 10.2 Å². The van der Waals surface area contributed by atoms with Crippen LogP contribution in [0, 0.1) is 5.92 Å². The molecule has 0 saturated heterocycles. The maximum Gasteiger partial charge on any atom is 0.149 e. The zero-order valence-corrected chi connectivity index (χ0v) is 13.8. The molecule has 1 aliphatic carbocycles. The van der Waals surface area contributed by atoms with E-state index in [0.29, 0.717) is 18.3 Å². The Morgan fingerprint density at radius 1 is 1.17 bits per heavy atom. The van der Waals surface area contributed by atoms with Gasteiger partial charge in [-0.1, -0.05) is 48.9 Å². The Kier molecular flexibility index (Phi) is 3.38. The number of fused-ring (bicyclic) bond motifs is 2. The molecule has 3 unspecified atom stereocenters. The fraction of sp³-hybridized carbons (Fsp3) is 0.300. The van der Waals surface area contributed by atoms with Crippen molar-refractivity contribution in [2.75, 3.05) is 0 Å². The van der Waals surface area contributed by atoms with Gasteiger partial charge >= 0.3 is 0 Å². The smallest absolute Gasteiger partial charge is 0.149 e. The molecule has 3 atom stereocenters. The van der Waals surface area contributed by atoms with Gasteiger partial charge < -0.3 is 0 Å². The second kappa shape index (κ2) is 5.31. The first-order chi connectivity index (χ1) is 11.1. The lowest BCUT2D eigenvalue weighted by atomic mass is 9.61. The maximum atomic E-state index is 12.9. The van der Waals surface area contributed by atoms with Crippen LogP contribution in [0.15, 0.2) is 53.5 Å². The highest BCUT2D eigenvalue weighted by Crippen LogP contribution is 2.50. The summed E-state index contributed by atoms with van der Waals surface area (Å²) in [4.78, 5) is 17.4. The van der Waals surface area contributed by atoms with E-state index in [9.17, 15) is 4.79 Å². The first kappa shape index (κ1) is 14.6. The predicted molar refractivity (Wildman–Crippen MR) is 93.9 cm³/mol. The standard InChI is InChI=1S/C20H18ClNO/c1-13-9-19(23)20(12-22-18-8-3-2-7-17(18)20)11-16(13)14-5-4-6-15(21)10-14/h2-8,10,12-13,16H,9,11H2,1H3. The van der Waals surface area contributed by atoms with Gasteiger partial charge in [0.2, 0.25) is 0 Å². The fourth-order valence-electron chi connectivity index (χ4n) is 4.06. The highest BCUT2D eigenvalue weighted by Gasteiger charge is 2.49. The van der Waals surface area contributed by atoms with Gasteiger partial charge in [-0.05, 0) is 47.6 Å². The van der Waals surface area contributed by atoms with Crippen molar-refractivity contribution in [2.45, 2.75) is 31.1 Å². The molecule has 1 spiro atoms. The quantitative estimate of drug-likeness (QED) is 0.720. The topological polar surface area (TPSA) is 29.4 Å². The second-order valence-corrected chi connectivity index (χ2v) is 7.15. The van der Waals surface area contributed by atoms with Crippen molar-refractivity contribution in [3.8, 4) is 0 Å². The van der Waals surface area contributed by atoms with Gasteiger partial charge in [0.05, 0.1) is 11.1 Å². The van der Waals surface area contributed by atoms with E-state index < -0.39 is 5.41 Å². The number of aliphatic imine (C=N–C) groups is 1. The first-order valence-electron chi connectivity index (χ1n) is 8.04. The normalized spacial score (nSPS) is 29.0. The van der Waals surface area contributed by atoms with E-state index in [-0.39, 0.29) is 5.78 Å². The summed E-state index contributed by atoms with van der Waals surface area (Å²) in [5.41, 5.74) is 2.65. The van der Waals surface area contributed by atoms with Crippen LogP contribution in [0.5, 0.6) is 0 Å². The molecule has 0 bridgehead atoms. The van der Waals surface area contributed by atoms with Gasteiger partial charge in [-0.3, -0.25) is 9.79 Å². The van der Waals surface area contributed by atoms with E-state index >= 15 is 0 Å². The molecule has 3 heteroatoms. The van der Waals surface area contributed by atoms with Crippen LogP contribution in [0.4, 0.5) is 5.69 Å². The summed E-state index contributed by atoms with van der Waals surface area (Å²) in [6, 6.07) is 16.0. The van der Waals surface area contributed by atoms with E-state index in [2.05, 4.69) is 18.0 Å². The molecule has 0 N–H and O–H groups in total. The summed E-state index contributed by atoms with van der Waals surface area (Å²) in [5.74, 6) is 0.911. The van der Waals surface area contributed by atoms with Crippen LogP contribution < -0.4 is 0 Å². The lowest BCUT2D eigenvalue weighted by molar-refractivity contribution is -0.125. The number of carbonyl (C=O) groups is 1.